The van der Waals surface area contributed by atoms with Crippen LogP contribution in [-0.2, 0) is 6.54 Å². The minimum absolute atomic E-state index is 0.177. The summed E-state index contributed by atoms with van der Waals surface area (Å²) in [6, 6.07) is 19.9. The van der Waals surface area contributed by atoms with E-state index in [1.165, 1.54) is 6.20 Å². The molecule has 0 N–H and O–H groups in total. The normalized spacial score (nSPS) is 10.7. The van der Waals surface area contributed by atoms with Gasteiger partial charge < -0.3 is 4.90 Å². The van der Waals surface area contributed by atoms with E-state index in [0.717, 1.165) is 28.2 Å². The van der Waals surface area contributed by atoms with Crippen molar-refractivity contribution in [2.75, 3.05) is 7.05 Å². The highest BCUT2D eigenvalue weighted by molar-refractivity contribution is 5.91. The Hall–Kier alpha value is -3.80. The van der Waals surface area contributed by atoms with Crippen LogP contribution in [0.25, 0.3) is 16.9 Å². The summed E-state index contributed by atoms with van der Waals surface area (Å²) in [6.45, 7) is 2.25. The summed E-state index contributed by atoms with van der Waals surface area (Å²) in [6.07, 6.45) is 5.09. The lowest BCUT2D eigenvalue weighted by molar-refractivity contribution is 0.0779. The van der Waals surface area contributed by atoms with Gasteiger partial charge in [-0.1, -0.05) is 48.5 Å². The summed E-state index contributed by atoms with van der Waals surface area (Å²) in [5, 5.41) is 4.80. The van der Waals surface area contributed by atoms with Crippen molar-refractivity contribution in [2.45, 2.75) is 13.5 Å². The summed E-state index contributed by atoms with van der Waals surface area (Å²) >= 11 is 0. The van der Waals surface area contributed by atoms with Crippen molar-refractivity contribution >= 4 is 5.91 Å². The third-order valence-corrected chi connectivity index (χ3v) is 4.61. The van der Waals surface area contributed by atoms with Gasteiger partial charge in [-0.15, -0.1) is 0 Å². The first-order valence-corrected chi connectivity index (χ1v) is 9.35. The standard InChI is InChI=1S/C23H21N5O/c1-17-13-25-21(14-24-17)23(29)27(2)15-19-16-28(20-11-7-4-8-12-20)26-22(19)18-9-5-3-6-10-18/h3-14,16H,15H2,1-2H3. The molecule has 0 aliphatic rings. The van der Waals surface area contributed by atoms with Crippen LogP contribution < -0.4 is 0 Å². The Bertz CT molecular complexity index is 1110. The molecule has 2 heterocycles. The predicted octanol–water partition coefficient (Wildman–Crippen LogP) is 3.91. The van der Waals surface area contributed by atoms with E-state index in [1.54, 1.807) is 18.1 Å². The lowest BCUT2D eigenvalue weighted by Crippen LogP contribution is -2.27. The molecule has 0 aliphatic carbocycles. The van der Waals surface area contributed by atoms with Gasteiger partial charge in [0.25, 0.3) is 5.91 Å². The molecule has 0 radical (unpaired) electrons. The molecule has 4 aromatic rings. The van der Waals surface area contributed by atoms with Crippen LogP contribution in [0.3, 0.4) is 0 Å². The fourth-order valence-corrected chi connectivity index (χ4v) is 3.10. The van der Waals surface area contributed by atoms with E-state index < -0.39 is 0 Å². The Balaban J connectivity index is 1.67. The molecular formula is C23H21N5O. The zero-order valence-corrected chi connectivity index (χ0v) is 16.4. The van der Waals surface area contributed by atoms with Crippen LogP contribution in [0, 0.1) is 6.92 Å². The van der Waals surface area contributed by atoms with Crippen LogP contribution in [-0.4, -0.2) is 37.6 Å². The highest BCUT2D eigenvalue weighted by atomic mass is 16.2. The summed E-state index contributed by atoms with van der Waals surface area (Å²) in [5.41, 5.74) is 4.89. The number of hydrogen-bond acceptors (Lipinski definition) is 4. The van der Waals surface area contributed by atoms with E-state index in [1.807, 2.05) is 78.5 Å². The SMILES string of the molecule is Cc1cnc(C(=O)N(C)Cc2cn(-c3ccccc3)nc2-c2ccccc2)cn1. The highest BCUT2D eigenvalue weighted by Gasteiger charge is 2.18. The van der Waals surface area contributed by atoms with Gasteiger partial charge in [0.15, 0.2) is 0 Å². The first-order chi connectivity index (χ1) is 14.1. The van der Waals surface area contributed by atoms with E-state index in [9.17, 15) is 4.79 Å². The second kappa shape index (κ2) is 8.06. The summed E-state index contributed by atoms with van der Waals surface area (Å²) in [4.78, 5) is 22.8. The quantitative estimate of drug-likeness (QED) is 0.524. The summed E-state index contributed by atoms with van der Waals surface area (Å²) < 4.78 is 1.85. The van der Waals surface area contributed by atoms with Gasteiger partial charge in [0.05, 0.1) is 23.3 Å². The molecule has 0 atom stereocenters. The van der Waals surface area contributed by atoms with Crippen molar-refractivity contribution in [2.24, 2.45) is 0 Å². The van der Waals surface area contributed by atoms with E-state index in [2.05, 4.69) is 9.97 Å². The zero-order valence-electron chi connectivity index (χ0n) is 16.4. The van der Waals surface area contributed by atoms with Crippen molar-refractivity contribution in [1.82, 2.24) is 24.6 Å². The predicted molar refractivity (Wildman–Crippen MR) is 112 cm³/mol. The van der Waals surface area contributed by atoms with Gasteiger partial charge in [-0.3, -0.25) is 9.78 Å². The van der Waals surface area contributed by atoms with Crippen LogP contribution in [0.2, 0.25) is 0 Å². The first kappa shape index (κ1) is 18.6. The van der Waals surface area contributed by atoms with Crippen molar-refractivity contribution < 1.29 is 4.79 Å². The third-order valence-electron chi connectivity index (χ3n) is 4.61. The molecule has 2 aromatic heterocycles. The molecule has 0 unspecified atom stereocenters. The summed E-state index contributed by atoms with van der Waals surface area (Å²) in [7, 11) is 1.76. The molecule has 6 heteroatoms. The van der Waals surface area contributed by atoms with Crippen LogP contribution in [0.4, 0.5) is 0 Å². The maximum atomic E-state index is 12.8. The zero-order chi connectivity index (χ0) is 20.2. The first-order valence-electron chi connectivity index (χ1n) is 9.35. The van der Waals surface area contributed by atoms with Gasteiger partial charge in [0, 0.05) is 37.1 Å². The highest BCUT2D eigenvalue weighted by Crippen LogP contribution is 2.25. The van der Waals surface area contributed by atoms with E-state index in [0.29, 0.717) is 12.2 Å². The number of para-hydroxylation sites is 1. The number of rotatable bonds is 5. The number of aryl methyl sites for hydroxylation is 1. The Kier molecular flexibility index (Phi) is 5.16. The average Bonchev–Trinajstić information content (AvgIpc) is 3.19. The van der Waals surface area contributed by atoms with Crippen molar-refractivity contribution in [3.63, 3.8) is 0 Å². The lowest BCUT2D eigenvalue weighted by atomic mass is 10.1. The molecule has 6 nitrogen and oxygen atoms in total. The molecule has 0 saturated carbocycles. The monoisotopic (exact) mass is 383 g/mol. The number of aromatic nitrogens is 4. The van der Waals surface area contributed by atoms with Crippen LogP contribution in [0.15, 0.2) is 79.3 Å². The third kappa shape index (κ3) is 4.06. The molecule has 1 amide bonds. The molecule has 0 saturated heterocycles. The number of benzene rings is 2. The molecule has 2 aromatic carbocycles. The number of nitrogens with zero attached hydrogens (tertiary/aromatic N) is 5. The van der Waals surface area contributed by atoms with Crippen LogP contribution in [0.1, 0.15) is 21.7 Å². The Morgan fingerprint density at radius 3 is 2.31 bits per heavy atom. The molecule has 0 bridgehead atoms. The van der Waals surface area contributed by atoms with Gasteiger partial charge in [-0.25, -0.2) is 9.67 Å². The molecule has 29 heavy (non-hydrogen) atoms. The maximum Gasteiger partial charge on any atom is 0.274 e. The minimum atomic E-state index is -0.177. The smallest absolute Gasteiger partial charge is 0.274 e. The molecule has 0 fully saturated rings. The van der Waals surface area contributed by atoms with Crippen molar-refractivity contribution in [3.8, 4) is 16.9 Å². The molecule has 0 aliphatic heterocycles. The Morgan fingerprint density at radius 1 is 0.966 bits per heavy atom. The molecule has 144 valence electrons. The fraction of sp³-hybridized carbons (Fsp3) is 0.130. The minimum Gasteiger partial charge on any atom is -0.336 e. The topological polar surface area (TPSA) is 63.9 Å². The second-order valence-corrected chi connectivity index (χ2v) is 6.85. The van der Waals surface area contributed by atoms with Crippen molar-refractivity contribution in [3.05, 3.63) is 96.2 Å². The number of amides is 1. The largest absolute Gasteiger partial charge is 0.336 e. The summed E-state index contributed by atoms with van der Waals surface area (Å²) in [5.74, 6) is -0.177. The Morgan fingerprint density at radius 2 is 1.66 bits per heavy atom. The number of carbonyl (C=O) groups is 1. The van der Waals surface area contributed by atoms with Gasteiger partial charge >= 0.3 is 0 Å². The van der Waals surface area contributed by atoms with Crippen LogP contribution >= 0.6 is 0 Å². The lowest BCUT2D eigenvalue weighted by Gasteiger charge is -2.16. The van der Waals surface area contributed by atoms with E-state index >= 15 is 0 Å². The van der Waals surface area contributed by atoms with Crippen molar-refractivity contribution in [1.29, 1.82) is 0 Å². The number of hydrogen-bond donors (Lipinski definition) is 0. The van der Waals surface area contributed by atoms with Gasteiger partial charge in [0.2, 0.25) is 0 Å². The molecule has 0 spiro atoms. The average molecular weight is 383 g/mol. The molecule has 4 rings (SSSR count). The van der Waals surface area contributed by atoms with E-state index in [4.69, 9.17) is 5.10 Å². The second-order valence-electron chi connectivity index (χ2n) is 6.85. The number of carbonyl (C=O) groups excluding carboxylic acids is 1. The maximum absolute atomic E-state index is 12.8. The molecular weight excluding hydrogens is 362 g/mol. The van der Waals surface area contributed by atoms with Gasteiger partial charge in [0.1, 0.15) is 5.69 Å². The van der Waals surface area contributed by atoms with Gasteiger partial charge in [-0.05, 0) is 19.1 Å². The van der Waals surface area contributed by atoms with E-state index in [-0.39, 0.29) is 5.91 Å². The van der Waals surface area contributed by atoms with Gasteiger partial charge in [-0.2, -0.15) is 5.10 Å². The fourth-order valence-electron chi connectivity index (χ4n) is 3.10. The van der Waals surface area contributed by atoms with Crippen LogP contribution in [0.5, 0.6) is 0 Å². The Labute approximate surface area is 169 Å².